The van der Waals surface area contributed by atoms with Crippen molar-refractivity contribution in [3.05, 3.63) is 35.4 Å². The molecule has 2 rings (SSSR count). The number of nitrogens with zero attached hydrogens (tertiary/aromatic N) is 1. The van der Waals surface area contributed by atoms with Crippen molar-refractivity contribution < 1.29 is 9.90 Å². The normalized spacial score (nSPS) is 24.3. The van der Waals surface area contributed by atoms with Crippen molar-refractivity contribution in [2.24, 2.45) is 5.41 Å². The lowest BCUT2D eigenvalue weighted by Gasteiger charge is -2.37. The van der Waals surface area contributed by atoms with Gasteiger partial charge in [0.05, 0.1) is 5.41 Å². The number of carboxylic acid groups (broad SMARTS) is 1. The van der Waals surface area contributed by atoms with Gasteiger partial charge in [0.25, 0.3) is 0 Å². The summed E-state index contributed by atoms with van der Waals surface area (Å²) >= 11 is 0. The van der Waals surface area contributed by atoms with Gasteiger partial charge < -0.3 is 5.11 Å². The van der Waals surface area contributed by atoms with Crippen molar-refractivity contribution in [3.8, 4) is 0 Å². The Balaban J connectivity index is 2.09. The summed E-state index contributed by atoms with van der Waals surface area (Å²) in [5.74, 6) is -0.666. The Hall–Kier alpha value is -1.35. The summed E-state index contributed by atoms with van der Waals surface area (Å²) in [5, 5.41) is 9.36. The third-order valence-corrected chi connectivity index (χ3v) is 4.19. The molecule has 1 aliphatic rings. The highest BCUT2D eigenvalue weighted by Gasteiger charge is 2.37. The summed E-state index contributed by atoms with van der Waals surface area (Å²) in [4.78, 5) is 13.7. The van der Waals surface area contributed by atoms with Crippen molar-refractivity contribution in [2.75, 3.05) is 13.1 Å². The maximum Gasteiger partial charge on any atom is 0.310 e. The van der Waals surface area contributed by atoms with E-state index in [9.17, 15) is 9.90 Å². The smallest absolute Gasteiger partial charge is 0.310 e. The van der Waals surface area contributed by atoms with Gasteiger partial charge in [-0.2, -0.15) is 0 Å². The molecule has 3 nitrogen and oxygen atoms in total. The number of carboxylic acids is 1. The van der Waals surface area contributed by atoms with E-state index in [2.05, 4.69) is 36.1 Å². The second kappa shape index (κ2) is 5.74. The molecule has 0 radical (unpaired) electrons. The molecule has 0 aromatic heterocycles. The highest BCUT2D eigenvalue weighted by molar-refractivity contribution is 5.74. The third-order valence-electron chi connectivity index (χ3n) is 4.19. The first kappa shape index (κ1) is 14.1. The van der Waals surface area contributed by atoms with Gasteiger partial charge in [-0.1, -0.05) is 31.2 Å². The van der Waals surface area contributed by atoms with Gasteiger partial charge in [0, 0.05) is 13.1 Å². The van der Waals surface area contributed by atoms with Crippen LogP contribution in [0.25, 0.3) is 0 Å². The lowest BCUT2D eigenvalue weighted by molar-refractivity contribution is -0.151. The number of rotatable bonds is 4. The highest BCUT2D eigenvalue weighted by atomic mass is 16.4. The van der Waals surface area contributed by atoms with Gasteiger partial charge in [-0.3, -0.25) is 9.69 Å². The summed E-state index contributed by atoms with van der Waals surface area (Å²) in [5.41, 5.74) is 2.11. The maximum atomic E-state index is 11.4. The molecule has 3 heteroatoms. The highest BCUT2D eigenvalue weighted by Crippen LogP contribution is 2.30. The van der Waals surface area contributed by atoms with Crippen molar-refractivity contribution in [2.45, 2.75) is 39.7 Å². The number of likely N-dealkylation sites (tertiary alicyclic amines) is 1. The zero-order valence-corrected chi connectivity index (χ0v) is 11.9. The molecule has 1 heterocycles. The van der Waals surface area contributed by atoms with E-state index in [1.165, 1.54) is 11.1 Å². The molecule has 1 fully saturated rings. The number of piperidine rings is 1. The van der Waals surface area contributed by atoms with Crippen LogP contribution in [-0.4, -0.2) is 29.1 Å². The zero-order chi connectivity index (χ0) is 13.9. The van der Waals surface area contributed by atoms with Gasteiger partial charge in [-0.15, -0.1) is 0 Å². The van der Waals surface area contributed by atoms with Crippen LogP contribution in [0.5, 0.6) is 0 Å². The largest absolute Gasteiger partial charge is 0.481 e. The second-order valence-electron chi connectivity index (χ2n) is 5.80. The van der Waals surface area contributed by atoms with E-state index in [0.717, 1.165) is 32.4 Å². The molecule has 1 aromatic rings. The molecule has 1 unspecified atom stereocenters. The molecule has 1 aromatic carbocycles. The minimum atomic E-state index is -0.666. The first-order valence-electron chi connectivity index (χ1n) is 7.08. The molecule has 0 saturated carbocycles. The fourth-order valence-corrected chi connectivity index (χ4v) is 2.95. The van der Waals surface area contributed by atoms with Crippen LogP contribution in [0, 0.1) is 5.41 Å². The van der Waals surface area contributed by atoms with Gasteiger partial charge in [0.2, 0.25) is 0 Å². The van der Waals surface area contributed by atoms with Crippen LogP contribution in [0.15, 0.2) is 24.3 Å². The fraction of sp³-hybridized carbons (Fsp3) is 0.562. The maximum absolute atomic E-state index is 11.4. The van der Waals surface area contributed by atoms with Gasteiger partial charge in [0.15, 0.2) is 0 Å². The molecule has 1 aliphatic heterocycles. The molecule has 0 spiro atoms. The van der Waals surface area contributed by atoms with E-state index in [1.807, 2.05) is 6.92 Å². The van der Waals surface area contributed by atoms with E-state index in [0.29, 0.717) is 6.54 Å². The van der Waals surface area contributed by atoms with Gasteiger partial charge in [-0.25, -0.2) is 0 Å². The van der Waals surface area contributed by atoms with Crippen LogP contribution in [0.1, 0.15) is 37.8 Å². The Morgan fingerprint density at radius 2 is 2.05 bits per heavy atom. The molecule has 19 heavy (non-hydrogen) atoms. The van der Waals surface area contributed by atoms with Crippen LogP contribution in [-0.2, 0) is 17.8 Å². The Morgan fingerprint density at radius 1 is 1.37 bits per heavy atom. The number of hydrogen-bond acceptors (Lipinski definition) is 2. The van der Waals surface area contributed by atoms with Crippen LogP contribution in [0.4, 0.5) is 0 Å². The van der Waals surface area contributed by atoms with Crippen molar-refractivity contribution in [1.82, 2.24) is 4.90 Å². The molecule has 104 valence electrons. The van der Waals surface area contributed by atoms with Crippen molar-refractivity contribution in [3.63, 3.8) is 0 Å². The Morgan fingerprint density at radius 3 is 2.68 bits per heavy atom. The molecule has 0 amide bonds. The Kier molecular flexibility index (Phi) is 4.25. The standard InChI is InChI=1S/C16H23NO2/c1-3-13-7-4-5-8-14(13)11-17-10-6-9-16(2,12-17)15(18)19/h4-5,7-8H,3,6,9-12H2,1-2H3,(H,18,19). The molecule has 1 atom stereocenters. The topological polar surface area (TPSA) is 40.5 Å². The molecule has 1 N–H and O–H groups in total. The lowest BCUT2D eigenvalue weighted by Crippen LogP contribution is -2.45. The van der Waals surface area contributed by atoms with E-state index < -0.39 is 11.4 Å². The lowest BCUT2D eigenvalue weighted by atomic mass is 9.82. The molecular formula is C16H23NO2. The van der Waals surface area contributed by atoms with E-state index in [1.54, 1.807) is 0 Å². The number of aliphatic carboxylic acids is 1. The predicted octanol–water partition coefficient (Wildman–Crippen LogP) is 2.94. The number of aryl methyl sites for hydroxylation is 1. The first-order valence-corrected chi connectivity index (χ1v) is 7.08. The zero-order valence-electron chi connectivity index (χ0n) is 11.9. The van der Waals surface area contributed by atoms with Crippen molar-refractivity contribution >= 4 is 5.97 Å². The third kappa shape index (κ3) is 3.16. The number of carbonyl (C=O) groups is 1. The van der Waals surface area contributed by atoms with Crippen LogP contribution in [0.2, 0.25) is 0 Å². The summed E-state index contributed by atoms with van der Waals surface area (Å²) in [6.45, 7) is 6.55. The van der Waals surface area contributed by atoms with Gasteiger partial charge in [0.1, 0.15) is 0 Å². The Bertz CT molecular complexity index is 458. The number of benzene rings is 1. The minimum Gasteiger partial charge on any atom is -0.481 e. The Labute approximate surface area is 115 Å². The van der Waals surface area contributed by atoms with E-state index in [-0.39, 0.29) is 0 Å². The van der Waals surface area contributed by atoms with Gasteiger partial charge >= 0.3 is 5.97 Å². The average molecular weight is 261 g/mol. The summed E-state index contributed by atoms with van der Waals surface area (Å²) in [6.07, 6.45) is 2.78. The second-order valence-corrected chi connectivity index (χ2v) is 5.80. The summed E-state index contributed by atoms with van der Waals surface area (Å²) in [7, 11) is 0. The summed E-state index contributed by atoms with van der Waals surface area (Å²) in [6, 6.07) is 8.45. The fourth-order valence-electron chi connectivity index (χ4n) is 2.95. The minimum absolute atomic E-state index is 0.584. The van der Waals surface area contributed by atoms with E-state index in [4.69, 9.17) is 0 Å². The van der Waals surface area contributed by atoms with Crippen molar-refractivity contribution in [1.29, 1.82) is 0 Å². The molecular weight excluding hydrogens is 238 g/mol. The molecule has 0 aliphatic carbocycles. The number of hydrogen-bond donors (Lipinski definition) is 1. The average Bonchev–Trinajstić information content (AvgIpc) is 2.39. The predicted molar refractivity (Wildman–Crippen MR) is 76.1 cm³/mol. The van der Waals surface area contributed by atoms with Gasteiger partial charge in [-0.05, 0) is 43.9 Å². The molecule has 0 bridgehead atoms. The first-order chi connectivity index (χ1) is 9.05. The van der Waals surface area contributed by atoms with Crippen LogP contribution >= 0.6 is 0 Å². The molecule has 1 saturated heterocycles. The monoisotopic (exact) mass is 261 g/mol. The van der Waals surface area contributed by atoms with E-state index >= 15 is 0 Å². The SMILES string of the molecule is CCc1ccccc1CN1CCCC(C)(C(=O)O)C1. The quantitative estimate of drug-likeness (QED) is 0.906. The van der Waals surface area contributed by atoms with Crippen LogP contribution in [0.3, 0.4) is 0 Å². The summed E-state index contributed by atoms with van der Waals surface area (Å²) < 4.78 is 0. The van der Waals surface area contributed by atoms with Crippen LogP contribution < -0.4 is 0 Å².